The molecular weight excluding hydrogens is 238 g/mol. The quantitative estimate of drug-likeness (QED) is 0.770. The van der Waals surface area contributed by atoms with Crippen molar-refractivity contribution in [3.05, 3.63) is 18.2 Å². The monoisotopic (exact) mass is 265 g/mol. The highest BCUT2D eigenvalue weighted by Crippen LogP contribution is 2.24. The van der Waals surface area contributed by atoms with Gasteiger partial charge in [-0.25, -0.2) is 4.98 Å². The van der Waals surface area contributed by atoms with Gasteiger partial charge in [-0.05, 0) is 38.3 Å². The van der Waals surface area contributed by atoms with Crippen molar-refractivity contribution in [2.75, 3.05) is 26.3 Å². The van der Waals surface area contributed by atoms with E-state index >= 15 is 0 Å². The Bertz CT molecular complexity index is 356. The third-order valence-electron chi connectivity index (χ3n) is 3.82. The molecule has 108 valence electrons. The number of nitrogens with zero attached hydrogens (tertiary/aromatic N) is 2. The summed E-state index contributed by atoms with van der Waals surface area (Å²) in [5.41, 5.74) is 1.38. The smallest absolute Gasteiger partial charge is 0.0949 e. The summed E-state index contributed by atoms with van der Waals surface area (Å²) < 4.78 is 7.97. The first-order valence-electron chi connectivity index (χ1n) is 7.56. The minimum Gasteiger partial charge on any atom is -0.380 e. The Morgan fingerprint density at radius 2 is 2.16 bits per heavy atom. The minimum absolute atomic E-state index is 0.666. The molecule has 1 fully saturated rings. The zero-order valence-electron chi connectivity index (χ0n) is 12.3. The highest BCUT2D eigenvalue weighted by Gasteiger charge is 2.18. The number of piperidine rings is 1. The van der Waals surface area contributed by atoms with E-state index < -0.39 is 0 Å². The number of aromatic nitrogens is 2. The van der Waals surface area contributed by atoms with Crippen molar-refractivity contribution in [1.82, 2.24) is 14.9 Å². The lowest BCUT2D eigenvalue weighted by Crippen LogP contribution is -2.27. The first-order chi connectivity index (χ1) is 9.27. The zero-order valence-corrected chi connectivity index (χ0v) is 12.3. The first kappa shape index (κ1) is 14.5. The lowest BCUT2D eigenvalue weighted by atomic mass is 9.95. The second-order valence-corrected chi connectivity index (χ2v) is 5.83. The summed E-state index contributed by atoms with van der Waals surface area (Å²) in [7, 11) is 0. The predicted molar refractivity (Wildman–Crippen MR) is 77.3 cm³/mol. The van der Waals surface area contributed by atoms with Crippen LogP contribution in [0.3, 0.4) is 0 Å². The summed E-state index contributed by atoms with van der Waals surface area (Å²) in [6.45, 7) is 9.30. The minimum atomic E-state index is 0.666. The van der Waals surface area contributed by atoms with Gasteiger partial charge in [-0.3, -0.25) is 0 Å². The molecule has 1 aliphatic rings. The number of imidazole rings is 1. The summed E-state index contributed by atoms with van der Waals surface area (Å²) in [5.74, 6) is 1.39. The third kappa shape index (κ3) is 4.62. The van der Waals surface area contributed by atoms with Crippen LogP contribution in [-0.2, 0) is 11.3 Å². The van der Waals surface area contributed by atoms with Crippen LogP contribution in [0.5, 0.6) is 0 Å². The molecular formula is C15H27N3O. The molecule has 1 N–H and O–H groups in total. The molecule has 0 unspecified atom stereocenters. The second kappa shape index (κ2) is 7.65. The van der Waals surface area contributed by atoms with Crippen molar-refractivity contribution < 1.29 is 4.74 Å². The molecule has 0 aliphatic carbocycles. The van der Waals surface area contributed by atoms with E-state index in [1.54, 1.807) is 0 Å². The van der Waals surface area contributed by atoms with Crippen molar-refractivity contribution in [2.45, 2.75) is 45.6 Å². The Kier molecular flexibility index (Phi) is 5.86. The summed E-state index contributed by atoms with van der Waals surface area (Å²) in [4.78, 5) is 4.31. The molecule has 0 spiro atoms. The van der Waals surface area contributed by atoms with Crippen molar-refractivity contribution in [3.63, 3.8) is 0 Å². The van der Waals surface area contributed by atoms with Crippen LogP contribution in [0.15, 0.2) is 12.5 Å². The van der Waals surface area contributed by atoms with E-state index in [1.807, 2.05) is 12.5 Å². The van der Waals surface area contributed by atoms with E-state index in [9.17, 15) is 0 Å². The maximum Gasteiger partial charge on any atom is 0.0949 e. The number of hydrogen-bond acceptors (Lipinski definition) is 3. The van der Waals surface area contributed by atoms with Crippen LogP contribution in [0, 0.1) is 5.92 Å². The highest BCUT2D eigenvalue weighted by molar-refractivity contribution is 5.07. The molecule has 2 heterocycles. The van der Waals surface area contributed by atoms with Crippen LogP contribution in [0.2, 0.25) is 0 Å². The van der Waals surface area contributed by atoms with E-state index in [1.165, 1.54) is 18.5 Å². The molecule has 2 rings (SSSR count). The van der Waals surface area contributed by atoms with Gasteiger partial charge >= 0.3 is 0 Å². The van der Waals surface area contributed by atoms with E-state index in [4.69, 9.17) is 4.74 Å². The normalized spacial score (nSPS) is 17.2. The number of nitrogens with one attached hydrogen (secondary N) is 1. The van der Waals surface area contributed by atoms with Crippen molar-refractivity contribution >= 4 is 0 Å². The maximum absolute atomic E-state index is 5.70. The Morgan fingerprint density at radius 1 is 1.37 bits per heavy atom. The van der Waals surface area contributed by atoms with Crippen LogP contribution in [-0.4, -0.2) is 35.9 Å². The molecule has 4 heteroatoms. The summed E-state index contributed by atoms with van der Waals surface area (Å²) in [6, 6.07) is 0. The molecule has 1 aliphatic heterocycles. The average Bonchev–Trinajstić information content (AvgIpc) is 2.87. The molecule has 0 saturated carbocycles. The van der Waals surface area contributed by atoms with Crippen LogP contribution >= 0.6 is 0 Å². The summed E-state index contributed by atoms with van der Waals surface area (Å²) >= 11 is 0. The molecule has 1 aromatic rings. The zero-order chi connectivity index (χ0) is 13.5. The van der Waals surface area contributed by atoms with Crippen LogP contribution in [0.1, 0.15) is 44.7 Å². The van der Waals surface area contributed by atoms with Gasteiger partial charge in [0.1, 0.15) is 0 Å². The molecule has 0 bridgehead atoms. The predicted octanol–water partition coefficient (Wildman–Crippen LogP) is 2.41. The second-order valence-electron chi connectivity index (χ2n) is 5.83. The molecule has 0 radical (unpaired) electrons. The van der Waals surface area contributed by atoms with Gasteiger partial charge in [0, 0.05) is 31.0 Å². The van der Waals surface area contributed by atoms with Crippen LogP contribution in [0.4, 0.5) is 0 Å². The fourth-order valence-electron chi connectivity index (χ4n) is 2.56. The molecule has 0 aromatic carbocycles. The molecule has 19 heavy (non-hydrogen) atoms. The van der Waals surface area contributed by atoms with Gasteiger partial charge in [0.05, 0.1) is 12.9 Å². The van der Waals surface area contributed by atoms with Gasteiger partial charge in [-0.1, -0.05) is 13.8 Å². The van der Waals surface area contributed by atoms with E-state index in [-0.39, 0.29) is 0 Å². The molecule has 4 nitrogen and oxygen atoms in total. The van der Waals surface area contributed by atoms with Gasteiger partial charge in [-0.2, -0.15) is 0 Å². The fourth-order valence-corrected chi connectivity index (χ4v) is 2.56. The topological polar surface area (TPSA) is 39.1 Å². The number of rotatable bonds is 7. The summed E-state index contributed by atoms with van der Waals surface area (Å²) in [5, 5.41) is 3.41. The average molecular weight is 265 g/mol. The lowest BCUT2D eigenvalue weighted by molar-refractivity contribution is 0.115. The SMILES string of the molecule is CC(C)CCOCCn1cncc1C1CCNCC1. The molecule has 0 atom stereocenters. The maximum atomic E-state index is 5.70. The Morgan fingerprint density at radius 3 is 2.89 bits per heavy atom. The van der Waals surface area contributed by atoms with Crippen molar-refractivity contribution in [3.8, 4) is 0 Å². The fraction of sp³-hybridized carbons (Fsp3) is 0.800. The summed E-state index contributed by atoms with van der Waals surface area (Å²) in [6.07, 6.45) is 7.57. The molecule has 1 aromatic heterocycles. The lowest BCUT2D eigenvalue weighted by Gasteiger charge is -2.23. The van der Waals surface area contributed by atoms with Crippen LogP contribution < -0.4 is 5.32 Å². The Labute approximate surface area is 116 Å². The van der Waals surface area contributed by atoms with Gasteiger partial charge < -0.3 is 14.6 Å². The van der Waals surface area contributed by atoms with E-state index in [0.29, 0.717) is 5.92 Å². The number of ether oxygens (including phenoxy) is 1. The third-order valence-corrected chi connectivity index (χ3v) is 3.82. The first-order valence-corrected chi connectivity index (χ1v) is 7.56. The van der Waals surface area contributed by atoms with Crippen molar-refractivity contribution in [2.24, 2.45) is 5.92 Å². The van der Waals surface area contributed by atoms with E-state index in [0.717, 1.165) is 45.2 Å². The highest BCUT2D eigenvalue weighted by atomic mass is 16.5. The molecule has 0 amide bonds. The Hall–Kier alpha value is -0.870. The van der Waals surface area contributed by atoms with Gasteiger partial charge in [0.15, 0.2) is 0 Å². The van der Waals surface area contributed by atoms with Gasteiger partial charge in [0.2, 0.25) is 0 Å². The standard InChI is InChI=1S/C15H27N3O/c1-13(2)5-9-19-10-8-18-12-17-11-15(18)14-3-6-16-7-4-14/h11-14,16H,3-10H2,1-2H3. The van der Waals surface area contributed by atoms with Crippen LogP contribution in [0.25, 0.3) is 0 Å². The largest absolute Gasteiger partial charge is 0.380 e. The number of hydrogen-bond donors (Lipinski definition) is 1. The van der Waals surface area contributed by atoms with E-state index in [2.05, 4.69) is 28.7 Å². The van der Waals surface area contributed by atoms with Gasteiger partial charge in [0.25, 0.3) is 0 Å². The van der Waals surface area contributed by atoms with Crippen molar-refractivity contribution in [1.29, 1.82) is 0 Å². The molecule has 1 saturated heterocycles. The van der Waals surface area contributed by atoms with Gasteiger partial charge in [-0.15, -0.1) is 0 Å². The Balaban J connectivity index is 1.76.